The fraction of sp³-hybridized carbons (Fsp3) is 0.263. The van der Waals surface area contributed by atoms with E-state index >= 15 is 0 Å². The number of nitrogens with zero attached hydrogens (tertiary/aromatic N) is 1. The van der Waals surface area contributed by atoms with Crippen molar-refractivity contribution >= 4 is 11.6 Å². The minimum atomic E-state index is -0.687. The van der Waals surface area contributed by atoms with Gasteiger partial charge in [-0.15, -0.1) is 0 Å². The molecule has 0 bridgehead atoms. The highest BCUT2D eigenvalue weighted by molar-refractivity contribution is 6.01. The van der Waals surface area contributed by atoms with Gasteiger partial charge in [0.05, 0.1) is 5.71 Å². The first kappa shape index (κ1) is 17.5. The molecule has 24 heavy (non-hydrogen) atoms. The van der Waals surface area contributed by atoms with E-state index < -0.39 is 6.10 Å². The number of phenolic OH excluding ortho intramolecular Hbond substituents is 1. The molecule has 0 aliphatic rings. The fourth-order valence-corrected chi connectivity index (χ4v) is 2.11. The van der Waals surface area contributed by atoms with Crippen LogP contribution >= 0.6 is 0 Å². The Hall–Kier alpha value is -2.82. The van der Waals surface area contributed by atoms with E-state index in [1.54, 1.807) is 38.1 Å². The number of benzene rings is 2. The van der Waals surface area contributed by atoms with Gasteiger partial charge in [0.25, 0.3) is 5.91 Å². The van der Waals surface area contributed by atoms with Crippen molar-refractivity contribution in [3.63, 3.8) is 0 Å². The van der Waals surface area contributed by atoms with Gasteiger partial charge in [-0.1, -0.05) is 18.2 Å². The van der Waals surface area contributed by atoms with Crippen molar-refractivity contribution in [1.82, 2.24) is 5.43 Å². The van der Waals surface area contributed by atoms with Crippen LogP contribution in [0.25, 0.3) is 0 Å². The van der Waals surface area contributed by atoms with Gasteiger partial charge in [-0.3, -0.25) is 4.79 Å². The third-order valence-electron chi connectivity index (χ3n) is 3.79. The molecule has 1 atom stereocenters. The number of carbonyl (C=O) groups excluding carboxylic acids is 1. The standard InChI is InChI=1S/C19H22N2O3/c1-12-9-10-16(11-13(12)2)24-15(4)19(23)21-20-14(3)17-7-5-6-8-18(17)22/h5-11,15,22H,1-4H3,(H,21,23)/b20-14+. The zero-order chi connectivity index (χ0) is 17.7. The van der Waals surface area contributed by atoms with Crippen LogP contribution in [-0.4, -0.2) is 22.8 Å². The Morgan fingerprint density at radius 3 is 2.54 bits per heavy atom. The van der Waals surface area contributed by atoms with Crippen molar-refractivity contribution in [3.8, 4) is 11.5 Å². The number of aromatic hydroxyl groups is 1. The SMILES string of the molecule is C/C(=N\NC(=O)C(C)Oc1ccc(C)c(C)c1)c1ccccc1O. The summed E-state index contributed by atoms with van der Waals surface area (Å²) in [5, 5.41) is 13.8. The molecule has 5 nitrogen and oxygen atoms in total. The molecular formula is C19H22N2O3. The minimum absolute atomic E-state index is 0.118. The summed E-state index contributed by atoms with van der Waals surface area (Å²) in [6.45, 7) is 7.39. The van der Waals surface area contributed by atoms with Crippen LogP contribution < -0.4 is 10.2 Å². The lowest BCUT2D eigenvalue weighted by atomic mass is 10.1. The van der Waals surface area contributed by atoms with Crippen LogP contribution in [0, 0.1) is 13.8 Å². The lowest BCUT2D eigenvalue weighted by Crippen LogP contribution is -2.34. The molecule has 0 fully saturated rings. The predicted molar refractivity (Wildman–Crippen MR) is 94.5 cm³/mol. The van der Waals surface area contributed by atoms with E-state index in [0.717, 1.165) is 5.56 Å². The number of para-hydroxylation sites is 1. The zero-order valence-corrected chi connectivity index (χ0v) is 14.3. The Labute approximate surface area is 142 Å². The zero-order valence-electron chi connectivity index (χ0n) is 14.3. The Morgan fingerprint density at radius 2 is 1.88 bits per heavy atom. The van der Waals surface area contributed by atoms with Crippen molar-refractivity contribution in [2.75, 3.05) is 0 Å². The van der Waals surface area contributed by atoms with Gasteiger partial charge in [-0.05, 0) is 63.1 Å². The fourth-order valence-electron chi connectivity index (χ4n) is 2.11. The number of ether oxygens (including phenoxy) is 1. The van der Waals surface area contributed by atoms with Crippen LogP contribution in [0.15, 0.2) is 47.6 Å². The quantitative estimate of drug-likeness (QED) is 0.654. The van der Waals surface area contributed by atoms with Gasteiger partial charge < -0.3 is 9.84 Å². The first-order valence-electron chi connectivity index (χ1n) is 7.75. The average Bonchev–Trinajstić information content (AvgIpc) is 2.56. The van der Waals surface area contributed by atoms with Gasteiger partial charge in [-0.25, -0.2) is 5.43 Å². The highest BCUT2D eigenvalue weighted by Crippen LogP contribution is 2.18. The van der Waals surface area contributed by atoms with Crippen LogP contribution in [0.1, 0.15) is 30.5 Å². The smallest absolute Gasteiger partial charge is 0.280 e. The van der Waals surface area contributed by atoms with Crippen LogP contribution in [0.3, 0.4) is 0 Å². The summed E-state index contributed by atoms with van der Waals surface area (Å²) in [4.78, 5) is 12.1. The summed E-state index contributed by atoms with van der Waals surface area (Å²) in [5.41, 5.74) is 5.82. The summed E-state index contributed by atoms with van der Waals surface area (Å²) in [6.07, 6.45) is -0.687. The number of rotatable bonds is 5. The third-order valence-corrected chi connectivity index (χ3v) is 3.79. The normalized spacial score (nSPS) is 12.6. The van der Waals surface area contributed by atoms with Crippen molar-refractivity contribution < 1.29 is 14.6 Å². The second kappa shape index (κ2) is 7.64. The molecule has 0 heterocycles. The van der Waals surface area contributed by atoms with E-state index in [4.69, 9.17) is 4.74 Å². The second-order valence-electron chi connectivity index (χ2n) is 5.70. The predicted octanol–water partition coefficient (Wildman–Crippen LogP) is 3.32. The molecule has 0 aliphatic carbocycles. The third kappa shape index (κ3) is 4.35. The lowest BCUT2D eigenvalue weighted by molar-refractivity contribution is -0.127. The van der Waals surface area contributed by atoms with Gasteiger partial charge in [0.1, 0.15) is 11.5 Å². The molecule has 2 rings (SSSR count). The Balaban J connectivity index is 1.99. The van der Waals surface area contributed by atoms with Gasteiger partial charge in [0.15, 0.2) is 6.10 Å². The number of amides is 1. The van der Waals surface area contributed by atoms with Crippen LogP contribution in [-0.2, 0) is 4.79 Å². The number of aryl methyl sites for hydroxylation is 2. The van der Waals surface area contributed by atoms with Gasteiger partial charge in [-0.2, -0.15) is 5.10 Å². The molecule has 0 saturated heterocycles. The number of carbonyl (C=O) groups is 1. The Bertz CT molecular complexity index is 769. The summed E-state index contributed by atoms with van der Waals surface area (Å²) in [5.74, 6) is 0.401. The molecule has 2 aromatic carbocycles. The highest BCUT2D eigenvalue weighted by Gasteiger charge is 2.15. The number of hydrogen-bond acceptors (Lipinski definition) is 4. The van der Waals surface area contributed by atoms with E-state index in [1.807, 2.05) is 32.0 Å². The molecule has 5 heteroatoms. The first-order valence-corrected chi connectivity index (χ1v) is 7.75. The second-order valence-corrected chi connectivity index (χ2v) is 5.70. The topological polar surface area (TPSA) is 70.9 Å². The summed E-state index contributed by atoms with van der Waals surface area (Å²) in [7, 11) is 0. The Morgan fingerprint density at radius 1 is 1.17 bits per heavy atom. The van der Waals surface area contributed by atoms with Crippen molar-refractivity contribution in [2.24, 2.45) is 5.10 Å². The van der Waals surface area contributed by atoms with Crippen molar-refractivity contribution in [2.45, 2.75) is 33.8 Å². The lowest BCUT2D eigenvalue weighted by Gasteiger charge is -2.14. The maximum Gasteiger partial charge on any atom is 0.280 e. The monoisotopic (exact) mass is 326 g/mol. The van der Waals surface area contributed by atoms with Gasteiger partial charge >= 0.3 is 0 Å². The van der Waals surface area contributed by atoms with Crippen LogP contribution in [0.2, 0.25) is 0 Å². The maximum absolute atomic E-state index is 12.1. The molecule has 1 amide bonds. The van der Waals surface area contributed by atoms with E-state index in [9.17, 15) is 9.90 Å². The number of nitrogens with one attached hydrogen (secondary N) is 1. The molecule has 126 valence electrons. The van der Waals surface area contributed by atoms with Crippen molar-refractivity contribution in [3.05, 3.63) is 59.2 Å². The molecule has 0 saturated carbocycles. The highest BCUT2D eigenvalue weighted by atomic mass is 16.5. The van der Waals surface area contributed by atoms with E-state index in [-0.39, 0.29) is 11.7 Å². The number of hydrazone groups is 1. The van der Waals surface area contributed by atoms with E-state index in [0.29, 0.717) is 17.0 Å². The Kier molecular flexibility index (Phi) is 5.58. The van der Waals surface area contributed by atoms with Gasteiger partial charge in [0.2, 0.25) is 0 Å². The molecule has 2 N–H and O–H groups in total. The van der Waals surface area contributed by atoms with E-state index in [2.05, 4.69) is 10.5 Å². The number of hydrogen-bond donors (Lipinski definition) is 2. The summed E-state index contributed by atoms with van der Waals surface area (Å²) in [6, 6.07) is 12.5. The van der Waals surface area contributed by atoms with Gasteiger partial charge in [0, 0.05) is 5.56 Å². The maximum atomic E-state index is 12.1. The molecule has 2 aromatic rings. The minimum Gasteiger partial charge on any atom is -0.507 e. The number of phenols is 1. The molecule has 0 spiro atoms. The average molecular weight is 326 g/mol. The van der Waals surface area contributed by atoms with Crippen LogP contribution in [0.5, 0.6) is 11.5 Å². The summed E-state index contributed by atoms with van der Waals surface area (Å²) < 4.78 is 5.64. The molecule has 0 aliphatic heterocycles. The molecule has 0 aromatic heterocycles. The summed E-state index contributed by atoms with van der Waals surface area (Å²) >= 11 is 0. The van der Waals surface area contributed by atoms with E-state index in [1.165, 1.54) is 5.56 Å². The van der Waals surface area contributed by atoms with Crippen LogP contribution in [0.4, 0.5) is 0 Å². The molecule has 0 radical (unpaired) electrons. The van der Waals surface area contributed by atoms with Crippen molar-refractivity contribution in [1.29, 1.82) is 0 Å². The molecule has 1 unspecified atom stereocenters. The first-order chi connectivity index (χ1) is 11.4. The molecular weight excluding hydrogens is 304 g/mol. The largest absolute Gasteiger partial charge is 0.507 e.